The van der Waals surface area contributed by atoms with Gasteiger partial charge in [0.25, 0.3) is 5.91 Å². The van der Waals surface area contributed by atoms with Crippen LogP contribution >= 0.6 is 0 Å². The number of aromatic nitrogens is 2. The Morgan fingerprint density at radius 3 is 2.09 bits per heavy atom. The van der Waals surface area contributed by atoms with Crippen LogP contribution < -0.4 is 31.1 Å². The number of H-pyrrole nitrogens is 1. The minimum Gasteiger partial charge on any atom is -0.380 e. The van der Waals surface area contributed by atoms with Gasteiger partial charge < -0.3 is 49.9 Å². The molecule has 20 heteroatoms. The minimum absolute atomic E-state index is 0.0154. The summed E-state index contributed by atoms with van der Waals surface area (Å²) in [4.78, 5) is 74.7. The molecule has 2 unspecified atom stereocenters. The molecule has 0 spiro atoms. The van der Waals surface area contributed by atoms with E-state index in [1.165, 1.54) is 12.1 Å². The zero-order valence-electron chi connectivity index (χ0n) is 41.8. The Balaban J connectivity index is 0.706. The Morgan fingerprint density at radius 1 is 0.703 bits per heavy atom. The molecule has 5 N–H and O–H groups in total. The van der Waals surface area contributed by atoms with E-state index in [2.05, 4.69) is 53.2 Å². The van der Waals surface area contributed by atoms with Crippen LogP contribution in [0.5, 0.6) is 0 Å². The highest BCUT2D eigenvalue weighted by Crippen LogP contribution is 2.30. The van der Waals surface area contributed by atoms with E-state index in [9.17, 15) is 32.8 Å². The van der Waals surface area contributed by atoms with Crippen LogP contribution in [0, 0.1) is 11.6 Å². The van der Waals surface area contributed by atoms with Crippen molar-refractivity contribution < 1.29 is 42.2 Å². The summed E-state index contributed by atoms with van der Waals surface area (Å²) in [6.07, 6.45) is 3.14. The number of carbonyl (C=O) groups excluding carboxylic acids is 5. The Hall–Kier alpha value is -7.16. The van der Waals surface area contributed by atoms with E-state index in [4.69, 9.17) is 9.47 Å². The zero-order chi connectivity index (χ0) is 51.6. The van der Waals surface area contributed by atoms with Crippen LogP contribution in [0.4, 0.5) is 37.3 Å². The summed E-state index contributed by atoms with van der Waals surface area (Å²) in [6.45, 7) is 8.33. The van der Waals surface area contributed by atoms with E-state index in [1.54, 1.807) is 0 Å². The summed E-state index contributed by atoms with van der Waals surface area (Å²) in [6, 6.07) is 22.1. The third kappa shape index (κ3) is 13.5. The van der Waals surface area contributed by atoms with Crippen LogP contribution in [0.3, 0.4) is 0 Å². The molecule has 5 heterocycles. The average molecular weight is 1020 g/mol. The molecule has 4 aliphatic heterocycles. The first kappa shape index (κ1) is 51.7. The lowest BCUT2D eigenvalue weighted by atomic mass is 10.0. The summed E-state index contributed by atoms with van der Waals surface area (Å²) in [5, 5.41) is 20.2. The minimum atomic E-state index is -0.644. The van der Waals surface area contributed by atoms with Crippen molar-refractivity contribution in [1.82, 2.24) is 30.2 Å². The fourth-order valence-electron chi connectivity index (χ4n) is 10.0. The maximum atomic E-state index is 14.2. The van der Waals surface area contributed by atoms with Crippen molar-refractivity contribution in [3.63, 3.8) is 0 Å². The van der Waals surface area contributed by atoms with E-state index in [-0.39, 0.29) is 68.1 Å². The van der Waals surface area contributed by atoms with Crippen molar-refractivity contribution in [1.29, 1.82) is 0 Å². The molecule has 5 amide bonds. The van der Waals surface area contributed by atoms with E-state index in [0.29, 0.717) is 98.9 Å². The number of amides is 5. The number of hydrogen-bond donors (Lipinski definition) is 5. The van der Waals surface area contributed by atoms with Gasteiger partial charge in [-0.2, -0.15) is 5.10 Å². The number of likely N-dealkylation sites (tertiary alicyclic amines) is 1. The molecule has 1 aromatic heterocycles. The molecule has 392 valence electrons. The number of fused-ring (bicyclic) bond motifs is 1. The lowest BCUT2D eigenvalue weighted by Crippen LogP contribution is -2.49. The van der Waals surface area contributed by atoms with Crippen molar-refractivity contribution in [2.75, 3.05) is 125 Å². The van der Waals surface area contributed by atoms with Crippen molar-refractivity contribution in [2.45, 2.75) is 57.0 Å². The number of imide groups is 1. The molecule has 18 nitrogen and oxygen atoms in total. The number of likely N-dealkylation sites (N-methyl/N-ethyl adjacent to an activating group) is 1. The highest BCUT2D eigenvalue weighted by molar-refractivity contribution is 6.11. The number of aromatic amines is 1. The van der Waals surface area contributed by atoms with Crippen LogP contribution in [0.25, 0.3) is 10.9 Å². The fourth-order valence-corrected chi connectivity index (χ4v) is 10.0. The van der Waals surface area contributed by atoms with Gasteiger partial charge in [-0.1, -0.05) is 6.07 Å². The molecule has 9 rings (SSSR count). The highest BCUT2D eigenvalue weighted by Gasteiger charge is 2.28. The highest BCUT2D eigenvalue weighted by atomic mass is 19.1. The quantitative estimate of drug-likeness (QED) is 0.0534. The van der Waals surface area contributed by atoms with Crippen LogP contribution in [-0.4, -0.2) is 165 Å². The molecule has 0 bridgehead atoms. The smallest absolute Gasteiger partial charge is 0.258 e. The number of ether oxygens (including phenoxy) is 2. The topological polar surface area (TPSA) is 197 Å². The molecule has 0 saturated carbocycles. The Kier molecular flexibility index (Phi) is 17.0. The van der Waals surface area contributed by atoms with E-state index in [0.717, 1.165) is 67.7 Å². The molecule has 4 fully saturated rings. The lowest BCUT2D eigenvalue weighted by molar-refractivity contribution is -0.134. The standard InChI is InChI=1S/C54H65F2N11O7/c1-63-17-19-65(20-18-63)43-9-10-44(53(71)60-52-45-32-36(4-11-46(45)61-62-52)29-37-30-38(55)33-39(56)31-37)48(34-43)58-41-3-2-16-67(35-41)51(70)15-26-74-28-27-73-25-14-50(69)66-23-21-64(22-24-66)42-7-5-40(6-8-42)57-47-12-13-49(68)59-54(47)72/h4-11,30-34,41,47,57-58H,2-3,12-29,35H2,1H3,(H,59,68,72)(H2,60,61,62,71). The molecule has 0 aliphatic carbocycles. The normalized spacial score (nSPS) is 18.6. The number of anilines is 5. The summed E-state index contributed by atoms with van der Waals surface area (Å²) in [7, 11) is 2.10. The molecule has 5 aromatic rings. The number of piperazine rings is 2. The lowest BCUT2D eigenvalue weighted by Gasteiger charge is -2.36. The number of carbonyl (C=O) groups is 5. The average Bonchev–Trinajstić information content (AvgIpc) is 3.79. The summed E-state index contributed by atoms with van der Waals surface area (Å²) in [5.74, 6) is -1.85. The van der Waals surface area contributed by atoms with E-state index in [1.807, 2.05) is 70.5 Å². The van der Waals surface area contributed by atoms with Gasteiger partial charge in [-0.25, -0.2) is 8.78 Å². The second-order valence-corrected chi connectivity index (χ2v) is 19.5. The first-order valence-corrected chi connectivity index (χ1v) is 25.6. The largest absolute Gasteiger partial charge is 0.380 e. The summed E-state index contributed by atoms with van der Waals surface area (Å²) < 4.78 is 39.4. The Morgan fingerprint density at radius 2 is 1.38 bits per heavy atom. The zero-order valence-corrected chi connectivity index (χ0v) is 41.8. The van der Waals surface area contributed by atoms with Crippen molar-refractivity contribution in [3.05, 3.63) is 107 Å². The maximum Gasteiger partial charge on any atom is 0.258 e. The van der Waals surface area contributed by atoms with Gasteiger partial charge in [-0.15, -0.1) is 0 Å². The Bertz CT molecular complexity index is 2780. The number of nitrogens with one attached hydrogen (secondary N) is 5. The molecule has 74 heavy (non-hydrogen) atoms. The van der Waals surface area contributed by atoms with E-state index >= 15 is 0 Å². The van der Waals surface area contributed by atoms with Gasteiger partial charge >= 0.3 is 0 Å². The van der Waals surface area contributed by atoms with Gasteiger partial charge in [0.15, 0.2) is 5.82 Å². The number of piperidine rings is 2. The second kappa shape index (κ2) is 24.2. The van der Waals surface area contributed by atoms with Gasteiger partial charge in [0.05, 0.1) is 50.3 Å². The second-order valence-electron chi connectivity index (χ2n) is 19.5. The predicted molar refractivity (Wildman–Crippen MR) is 278 cm³/mol. The first-order chi connectivity index (χ1) is 35.9. The predicted octanol–water partition coefficient (Wildman–Crippen LogP) is 5.22. The summed E-state index contributed by atoms with van der Waals surface area (Å²) >= 11 is 0. The third-order valence-electron chi connectivity index (χ3n) is 14.2. The Labute approximate surface area is 429 Å². The third-order valence-corrected chi connectivity index (χ3v) is 14.2. The molecular formula is C54H65F2N11O7. The van der Waals surface area contributed by atoms with Gasteiger partial charge in [0.2, 0.25) is 23.6 Å². The van der Waals surface area contributed by atoms with Crippen LogP contribution in [0.2, 0.25) is 0 Å². The van der Waals surface area contributed by atoms with Crippen LogP contribution in [0.1, 0.15) is 60.0 Å². The molecule has 2 atom stereocenters. The van der Waals surface area contributed by atoms with Crippen LogP contribution in [-0.2, 0) is 35.1 Å². The SMILES string of the molecule is CN1CCN(c2ccc(C(=O)Nc3n[nH]c4ccc(Cc5cc(F)cc(F)c5)cc34)c(NC3CCCN(C(=O)CCOCCOCCC(=O)N4CCN(c5ccc(NC6CCC(=O)NC6=O)cc5)CC4)C3)c2)CC1. The number of nitrogens with zero attached hydrogens (tertiary/aromatic N) is 6. The van der Waals surface area contributed by atoms with E-state index < -0.39 is 17.7 Å². The van der Waals surface area contributed by atoms with Crippen molar-refractivity contribution >= 4 is 69.0 Å². The van der Waals surface area contributed by atoms with Gasteiger partial charge in [0.1, 0.15) is 17.7 Å². The summed E-state index contributed by atoms with van der Waals surface area (Å²) in [5.41, 5.74) is 5.89. The number of hydrogen-bond acceptors (Lipinski definition) is 13. The van der Waals surface area contributed by atoms with Crippen molar-refractivity contribution in [2.24, 2.45) is 0 Å². The molecule has 0 radical (unpaired) electrons. The van der Waals surface area contributed by atoms with Gasteiger partial charge in [0, 0.05) is 112 Å². The number of benzene rings is 4. The van der Waals surface area contributed by atoms with Crippen molar-refractivity contribution in [3.8, 4) is 0 Å². The molecule has 4 saturated heterocycles. The van der Waals surface area contributed by atoms with Crippen LogP contribution in [0.15, 0.2) is 78.9 Å². The number of rotatable bonds is 19. The molecule has 4 aliphatic rings. The van der Waals surface area contributed by atoms with Gasteiger partial charge in [-0.05, 0) is 111 Å². The monoisotopic (exact) mass is 1020 g/mol. The first-order valence-electron chi connectivity index (χ1n) is 25.6. The molecule has 4 aromatic carbocycles. The fraction of sp³-hybridized carbons (Fsp3) is 0.444. The molecular weight excluding hydrogens is 953 g/mol. The van der Waals surface area contributed by atoms with Gasteiger partial charge in [-0.3, -0.25) is 34.4 Å². The number of halogens is 2. The maximum absolute atomic E-state index is 14.2.